The van der Waals surface area contributed by atoms with Crippen LogP contribution in [0.4, 0.5) is 5.69 Å². The normalized spacial score (nSPS) is 41.7. The number of nitrogens with one attached hydrogen (secondary N) is 2. The fraction of sp³-hybridized carbons (Fsp3) is 0.636. The fourth-order valence-electron chi connectivity index (χ4n) is 6.95. The number of rotatable bonds is 4. The SMILES string of the molecule is CCCN1C(=O)C2(c3ccccc31)[NH+]1CC3(CC)C[NH+]2CC(CC)(C1)C3=O. The number of anilines is 1. The Bertz CT molecular complexity index is 791. The van der Waals surface area contributed by atoms with E-state index >= 15 is 0 Å². The lowest BCUT2D eigenvalue weighted by Crippen LogP contribution is -3.49. The van der Waals surface area contributed by atoms with Gasteiger partial charge in [-0.25, -0.2) is 0 Å². The quantitative estimate of drug-likeness (QED) is 0.770. The average molecular weight is 370 g/mol. The predicted octanol–water partition coefficient (Wildman–Crippen LogP) is -0.231. The van der Waals surface area contributed by atoms with Crippen molar-refractivity contribution in [3.05, 3.63) is 29.8 Å². The van der Waals surface area contributed by atoms with Crippen molar-refractivity contribution in [3.8, 4) is 0 Å². The third kappa shape index (κ3) is 1.78. The molecule has 1 spiro atoms. The first-order chi connectivity index (χ1) is 13.0. The van der Waals surface area contributed by atoms with Crippen LogP contribution in [0.15, 0.2) is 24.3 Å². The molecule has 27 heavy (non-hydrogen) atoms. The van der Waals surface area contributed by atoms with Crippen molar-refractivity contribution in [1.82, 2.24) is 0 Å². The van der Waals surface area contributed by atoms with Gasteiger partial charge in [0.25, 0.3) is 0 Å². The number of quaternary nitrogens is 2. The smallest absolute Gasteiger partial charge is 0.300 e. The second kappa shape index (κ2) is 5.42. The summed E-state index contributed by atoms with van der Waals surface area (Å²) in [5.74, 6) is 0.755. The lowest BCUT2D eigenvalue weighted by atomic mass is 9.57. The molecule has 4 saturated heterocycles. The molecule has 5 heteroatoms. The van der Waals surface area contributed by atoms with Crippen LogP contribution in [0.1, 0.15) is 45.6 Å². The minimum Gasteiger partial charge on any atom is -0.300 e. The number of carbonyl (C=O) groups is 2. The van der Waals surface area contributed by atoms with Gasteiger partial charge in [-0.1, -0.05) is 32.9 Å². The molecule has 1 aromatic rings. The summed E-state index contributed by atoms with van der Waals surface area (Å²) in [7, 11) is 0. The van der Waals surface area contributed by atoms with Gasteiger partial charge in [0.15, 0.2) is 5.78 Å². The zero-order chi connectivity index (χ0) is 19.0. The summed E-state index contributed by atoms with van der Waals surface area (Å²) in [6, 6.07) is 8.40. The molecule has 0 atom stereocenters. The summed E-state index contributed by atoms with van der Waals surface area (Å²) < 4.78 is 0. The molecular weight excluding hydrogens is 338 g/mol. The first-order valence-electron chi connectivity index (χ1n) is 10.7. The first-order valence-corrected chi connectivity index (χ1v) is 10.7. The number of nitrogens with zero attached hydrogens (tertiary/aromatic N) is 1. The molecule has 5 aliphatic rings. The Balaban J connectivity index is 1.70. The van der Waals surface area contributed by atoms with Crippen LogP contribution in [0.25, 0.3) is 0 Å². The molecule has 144 valence electrons. The molecule has 0 unspecified atom stereocenters. The third-order valence-corrected chi connectivity index (χ3v) is 8.20. The maximum Gasteiger partial charge on any atom is 0.353 e. The van der Waals surface area contributed by atoms with Crippen LogP contribution >= 0.6 is 0 Å². The molecule has 2 N–H and O–H groups in total. The van der Waals surface area contributed by atoms with Gasteiger partial charge in [0.1, 0.15) is 42.6 Å². The minimum absolute atomic E-state index is 0.240. The summed E-state index contributed by atoms with van der Waals surface area (Å²) in [6.45, 7) is 10.5. The van der Waals surface area contributed by atoms with Crippen molar-refractivity contribution >= 4 is 17.4 Å². The minimum atomic E-state index is -0.538. The van der Waals surface area contributed by atoms with E-state index in [1.54, 1.807) is 0 Å². The number of amides is 1. The molecule has 0 aromatic heterocycles. The summed E-state index contributed by atoms with van der Waals surface area (Å²) in [5, 5.41) is 0. The van der Waals surface area contributed by atoms with Gasteiger partial charge in [-0.15, -0.1) is 0 Å². The second-order valence-corrected chi connectivity index (χ2v) is 9.24. The highest BCUT2D eigenvalue weighted by molar-refractivity contribution is 6.06. The number of fused-ring (bicyclic) bond motifs is 1. The lowest BCUT2D eigenvalue weighted by molar-refractivity contribution is -1.20. The van der Waals surface area contributed by atoms with Gasteiger partial charge in [-0.2, -0.15) is 0 Å². The zero-order valence-electron chi connectivity index (χ0n) is 16.7. The van der Waals surface area contributed by atoms with Gasteiger partial charge in [0, 0.05) is 6.54 Å². The Kier molecular flexibility index (Phi) is 3.49. The first kappa shape index (κ1) is 17.4. The van der Waals surface area contributed by atoms with E-state index in [0.717, 1.165) is 57.7 Å². The van der Waals surface area contributed by atoms with Crippen molar-refractivity contribution in [3.63, 3.8) is 0 Å². The average Bonchev–Trinajstić information content (AvgIpc) is 2.92. The Labute approximate surface area is 161 Å². The molecule has 6 rings (SSSR count). The van der Waals surface area contributed by atoms with Crippen molar-refractivity contribution in [2.45, 2.75) is 45.7 Å². The fourth-order valence-corrected chi connectivity index (χ4v) is 6.95. The highest BCUT2D eigenvalue weighted by atomic mass is 16.2. The largest absolute Gasteiger partial charge is 0.353 e. The number of carbonyl (C=O) groups excluding carboxylic acids is 2. The molecule has 5 heterocycles. The van der Waals surface area contributed by atoms with Crippen molar-refractivity contribution < 1.29 is 19.4 Å². The van der Waals surface area contributed by atoms with E-state index in [0.29, 0.717) is 5.78 Å². The Hall–Kier alpha value is -1.72. The molecule has 4 fully saturated rings. The Morgan fingerprint density at radius 2 is 1.48 bits per heavy atom. The lowest BCUT2D eigenvalue weighted by Gasteiger charge is -2.63. The van der Waals surface area contributed by atoms with E-state index < -0.39 is 5.66 Å². The molecule has 5 nitrogen and oxygen atoms in total. The summed E-state index contributed by atoms with van der Waals surface area (Å²) in [6.07, 6.45) is 2.74. The van der Waals surface area contributed by atoms with Gasteiger partial charge in [-0.3, -0.25) is 19.4 Å². The van der Waals surface area contributed by atoms with Gasteiger partial charge in [-0.05, 0) is 31.4 Å². The number of hydrogen-bond donors (Lipinski definition) is 2. The number of benzene rings is 1. The van der Waals surface area contributed by atoms with E-state index in [1.807, 2.05) is 11.0 Å². The van der Waals surface area contributed by atoms with Crippen LogP contribution in [0, 0.1) is 10.8 Å². The molecular formula is C22H31N3O2+2. The van der Waals surface area contributed by atoms with Crippen molar-refractivity contribution in [2.75, 3.05) is 37.6 Å². The van der Waals surface area contributed by atoms with Gasteiger partial charge >= 0.3 is 11.6 Å². The Morgan fingerprint density at radius 1 is 0.926 bits per heavy atom. The summed E-state index contributed by atoms with van der Waals surface area (Å²) in [4.78, 5) is 32.1. The molecule has 0 radical (unpaired) electrons. The number of para-hydroxylation sites is 1. The van der Waals surface area contributed by atoms with Crippen LogP contribution in [0.3, 0.4) is 0 Å². The van der Waals surface area contributed by atoms with E-state index in [-0.39, 0.29) is 16.7 Å². The number of hydrogen-bond acceptors (Lipinski definition) is 2. The van der Waals surface area contributed by atoms with Crippen LogP contribution in [-0.4, -0.2) is 44.4 Å². The molecule has 0 saturated carbocycles. The molecule has 0 aliphatic carbocycles. The highest BCUT2D eigenvalue weighted by Crippen LogP contribution is 2.45. The van der Waals surface area contributed by atoms with E-state index in [4.69, 9.17) is 0 Å². The van der Waals surface area contributed by atoms with Crippen LogP contribution < -0.4 is 14.7 Å². The zero-order valence-corrected chi connectivity index (χ0v) is 16.7. The van der Waals surface area contributed by atoms with Crippen molar-refractivity contribution in [1.29, 1.82) is 0 Å². The van der Waals surface area contributed by atoms with E-state index in [9.17, 15) is 9.59 Å². The third-order valence-electron chi connectivity index (χ3n) is 8.20. The topological polar surface area (TPSA) is 46.3 Å². The number of Topliss-reactive ketones (excluding diaryl/α,β-unsaturated/α-hetero) is 1. The molecule has 1 amide bonds. The second-order valence-electron chi connectivity index (χ2n) is 9.24. The van der Waals surface area contributed by atoms with Crippen LogP contribution in [0.5, 0.6) is 0 Å². The summed E-state index contributed by atoms with van der Waals surface area (Å²) >= 11 is 0. The monoisotopic (exact) mass is 369 g/mol. The van der Waals surface area contributed by atoms with Crippen LogP contribution in [-0.2, 0) is 15.3 Å². The standard InChI is InChI=1S/C22H29N3O2/c1-4-11-25-17-10-8-7-9-16(17)22(19(25)27)23-12-20(5-2)13-24(22)15-21(6-3,14-23)18(20)26/h7-10H,4-6,11-15H2,1-3H3/p+2. The Morgan fingerprint density at radius 3 is 2.00 bits per heavy atom. The summed E-state index contributed by atoms with van der Waals surface area (Å²) in [5.41, 5.74) is 1.27. The molecule has 4 bridgehead atoms. The van der Waals surface area contributed by atoms with Gasteiger partial charge in [0.2, 0.25) is 0 Å². The van der Waals surface area contributed by atoms with Gasteiger partial charge in [0.05, 0.1) is 5.69 Å². The van der Waals surface area contributed by atoms with Crippen molar-refractivity contribution in [2.24, 2.45) is 10.8 Å². The maximum atomic E-state index is 13.9. The highest BCUT2D eigenvalue weighted by Gasteiger charge is 2.80. The maximum absolute atomic E-state index is 13.9. The molecule has 1 aromatic carbocycles. The number of piperidine rings is 2. The molecule has 5 aliphatic heterocycles. The number of ketones is 1. The van der Waals surface area contributed by atoms with E-state index in [2.05, 4.69) is 39.0 Å². The van der Waals surface area contributed by atoms with Crippen LogP contribution in [0.2, 0.25) is 0 Å². The predicted molar refractivity (Wildman–Crippen MR) is 103 cm³/mol. The van der Waals surface area contributed by atoms with Gasteiger partial charge < -0.3 is 4.90 Å². The van der Waals surface area contributed by atoms with E-state index in [1.165, 1.54) is 15.4 Å².